The molecule has 1 aromatic carbocycles. The molecule has 2 heterocycles. The first-order valence-corrected chi connectivity index (χ1v) is 7.34. The number of rotatable bonds is 3. The SMILES string of the molecule is Cc1cccnc1/N=C/c1nc(-c2ccc(Br)cc2)oc1O. The average molecular weight is 358 g/mol. The van der Waals surface area contributed by atoms with Gasteiger partial charge in [0.25, 0.3) is 0 Å². The normalized spacial score (nSPS) is 11.2. The van der Waals surface area contributed by atoms with Gasteiger partial charge in [-0.25, -0.2) is 15.0 Å². The van der Waals surface area contributed by atoms with Crippen molar-refractivity contribution in [1.82, 2.24) is 9.97 Å². The molecule has 0 saturated carbocycles. The van der Waals surface area contributed by atoms with E-state index >= 15 is 0 Å². The van der Waals surface area contributed by atoms with E-state index in [0.29, 0.717) is 11.7 Å². The summed E-state index contributed by atoms with van der Waals surface area (Å²) in [6.45, 7) is 1.91. The second kappa shape index (κ2) is 6.11. The van der Waals surface area contributed by atoms with Crippen LogP contribution in [0.15, 0.2) is 56.5 Å². The van der Waals surface area contributed by atoms with E-state index in [0.717, 1.165) is 15.6 Å². The zero-order chi connectivity index (χ0) is 15.5. The summed E-state index contributed by atoms with van der Waals surface area (Å²) in [5.74, 6) is 0.648. The van der Waals surface area contributed by atoms with Gasteiger partial charge in [-0.1, -0.05) is 22.0 Å². The van der Waals surface area contributed by atoms with Crippen LogP contribution in [0.4, 0.5) is 5.82 Å². The lowest BCUT2D eigenvalue weighted by molar-refractivity contribution is 0.337. The number of aromatic hydroxyl groups is 1. The van der Waals surface area contributed by atoms with Gasteiger partial charge in [0.15, 0.2) is 11.5 Å². The van der Waals surface area contributed by atoms with Crippen LogP contribution in [0.3, 0.4) is 0 Å². The fraction of sp³-hybridized carbons (Fsp3) is 0.0625. The van der Waals surface area contributed by atoms with Crippen molar-refractivity contribution in [3.63, 3.8) is 0 Å². The summed E-state index contributed by atoms with van der Waals surface area (Å²) in [6.07, 6.45) is 3.10. The Balaban J connectivity index is 1.90. The highest BCUT2D eigenvalue weighted by molar-refractivity contribution is 9.10. The van der Waals surface area contributed by atoms with Gasteiger partial charge in [-0.15, -0.1) is 0 Å². The van der Waals surface area contributed by atoms with Crippen molar-refractivity contribution in [1.29, 1.82) is 0 Å². The van der Waals surface area contributed by atoms with E-state index in [2.05, 4.69) is 30.9 Å². The van der Waals surface area contributed by atoms with E-state index in [-0.39, 0.29) is 11.6 Å². The smallest absolute Gasteiger partial charge is 0.312 e. The number of oxazole rings is 1. The van der Waals surface area contributed by atoms with Crippen LogP contribution in [0.1, 0.15) is 11.3 Å². The zero-order valence-electron chi connectivity index (χ0n) is 11.7. The quantitative estimate of drug-likeness (QED) is 0.710. The van der Waals surface area contributed by atoms with Crippen LogP contribution in [0, 0.1) is 6.92 Å². The lowest BCUT2D eigenvalue weighted by Crippen LogP contribution is -1.85. The Labute approximate surface area is 135 Å². The molecule has 0 bridgehead atoms. The standard InChI is InChI=1S/C16H12BrN3O2/c1-10-3-2-8-18-14(10)19-9-13-16(21)22-15(20-13)11-4-6-12(17)7-5-11/h2-9,21H,1H3/b19-9+. The first kappa shape index (κ1) is 14.5. The molecule has 0 atom stereocenters. The first-order chi connectivity index (χ1) is 10.6. The van der Waals surface area contributed by atoms with Crippen LogP contribution < -0.4 is 0 Å². The monoisotopic (exact) mass is 357 g/mol. The summed E-state index contributed by atoms with van der Waals surface area (Å²) in [6, 6.07) is 11.2. The summed E-state index contributed by atoms with van der Waals surface area (Å²) < 4.78 is 6.23. The van der Waals surface area contributed by atoms with Gasteiger partial charge < -0.3 is 9.52 Å². The van der Waals surface area contributed by atoms with E-state index in [9.17, 15) is 5.11 Å². The first-order valence-electron chi connectivity index (χ1n) is 6.55. The molecule has 3 aromatic rings. The fourth-order valence-electron chi connectivity index (χ4n) is 1.86. The highest BCUT2D eigenvalue weighted by atomic mass is 79.9. The Hall–Kier alpha value is -2.47. The van der Waals surface area contributed by atoms with E-state index in [1.165, 1.54) is 6.21 Å². The number of hydrogen-bond donors (Lipinski definition) is 1. The fourth-order valence-corrected chi connectivity index (χ4v) is 2.12. The molecule has 0 aliphatic heterocycles. The van der Waals surface area contributed by atoms with Gasteiger partial charge >= 0.3 is 5.95 Å². The second-order valence-electron chi connectivity index (χ2n) is 4.62. The molecular weight excluding hydrogens is 346 g/mol. The number of aromatic nitrogens is 2. The largest absolute Gasteiger partial charge is 0.479 e. The van der Waals surface area contributed by atoms with Gasteiger partial charge in [0.2, 0.25) is 5.89 Å². The van der Waals surface area contributed by atoms with Gasteiger partial charge in [0.05, 0.1) is 6.21 Å². The third-order valence-corrected chi connectivity index (χ3v) is 3.55. The molecule has 0 amide bonds. The molecule has 3 rings (SSSR count). The molecule has 0 aliphatic rings. The van der Waals surface area contributed by atoms with Crippen molar-refractivity contribution in [3.05, 3.63) is 58.3 Å². The molecule has 0 saturated heterocycles. The zero-order valence-corrected chi connectivity index (χ0v) is 13.3. The third-order valence-electron chi connectivity index (χ3n) is 3.02. The molecular formula is C16H12BrN3O2. The topological polar surface area (TPSA) is 71.5 Å². The number of halogens is 1. The third kappa shape index (κ3) is 3.07. The highest BCUT2D eigenvalue weighted by Crippen LogP contribution is 2.27. The molecule has 0 fully saturated rings. The number of benzene rings is 1. The summed E-state index contributed by atoms with van der Waals surface area (Å²) in [5.41, 5.74) is 1.98. The Morgan fingerprint density at radius 2 is 2.00 bits per heavy atom. The van der Waals surface area contributed by atoms with Crippen molar-refractivity contribution >= 4 is 28.0 Å². The summed E-state index contributed by atoms with van der Waals surface area (Å²) >= 11 is 3.37. The molecule has 110 valence electrons. The van der Waals surface area contributed by atoms with E-state index in [1.807, 2.05) is 43.3 Å². The highest BCUT2D eigenvalue weighted by Gasteiger charge is 2.12. The van der Waals surface area contributed by atoms with Gasteiger partial charge in [-0.3, -0.25) is 0 Å². The van der Waals surface area contributed by atoms with Crippen LogP contribution in [0.25, 0.3) is 11.5 Å². The lowest BCUT2D eigenvalue weighted by atomic mass is 10.2. The van der Waals surface area contributed by atoms with Crippen molar-refractivity contribution < 1.29 is 9.52 Å². The predicted octanol–water partition coefficient (Wildman–Crippen LogP) is 4.26. The van der Waals surface area contributed by atoms with Gasteiger partial charge in [0.1, 0.15) is 0 Å². The summed E-state index contributed by atoms with van der Waals surface area (Å²) in [5, 5.41) is 9.84. The maximum Gasteiger partial charge on any atom is 0.312 e. The molecule has 5 nitrogen and oxygen atoms in total. The van der Waals surface area contributed by atoms with Crippen molar-refractivity contribution in [2.24, 2.45) is 4.99 Å². The van der Waals surface area contributed by atoms with Gasteiger partial charge in [-0.2, -0.15) is 0 Å². The summed E-state index contributed by atoms with van der Waals surface area (Å²) in [7, 11) is 0. The molecule has 0 spiro atoms. The Bertz CT molecular complexity index is 826. The maximum atomic E-state index is 9.84. The van der Waals surface area contributed by atoms with Gasteiger partial charge in [-0.05, 0) is 42.8 Å². The molecule has 22 heavy (non-hydrogen) atoms. The molecule has 0 unspecified atom stereocenters. The van der Waals surface area contributed by atoms with Crippen LogP contribution in [0.2, 0.25) is 0 Å². The van der Waals surface area contributed by atoms with Crippen molar-refractivity contribution in [3.8, 4) is 17.4 Å². The minimum absolute atomic E-state index is 0.267. The maximum absolute atomic E-state index is 9.84. The van der Waals surface area contributed by atoms with Crippen LogP contribution in [-0.4, -0.2) is 21.3 Å². The summed E-state index contributed by atoms with van der Waals surface area (Å²) in [4.78, 5) is 12.6. The van der Waals surface area contributed by atoms with E-state index in [4.69, 9.17) is 4.42 Å². The Morgan fingerprint density at radius 3 is 2.73 bits per heavy atom. The van der Waals surface area contributed by atoms with Gasteiger partial charge in [0, 0.05) is 16.2 Å². The number of nitrogens with zero attached hydrogens (tertiary/aromatic N) is 3. The molecule has 0 radical (unpaired) electrons. The van der Waals surface area contributed by atoms with E-state index in [1.54, 1.807) is 6.20 Å². The van der Waals surface area contributed by atoms with Crippen molar-refractivity contribution in [2.45, 2.75) is 6.92 Å². The number of aliphatic imine (C=N–C) groups is 1. The van der Waals surface area contributed by atoms with E-state index < -0.39 is 0 Å². The minimum atomic E-state index is -0.268. The number of hydrogen-bond acceptors (Lipinski definition) is 5. The molecule has 2 aromatic heterocycles. The van der Waals surface area contributed by atoms with Crippen LogP contribution >= 0.6 is 15.9 Å². The van der Waals surface area contributed by atoms with Crippen molar-refractivity contribution in [2.75, 3.05) is 0 Å². The minimum Gasteiger partial charge on any atom is -0.479 e. The van der Waals surface area contributed by atoms with Crippen LogP contribution in [-0.2, 0) is 0 Å². The Morgan fingerprint density at radius 1 is 1.23 bits per heavy atom. The molecule has 6 heteroatoms. The molecule has 0 aliphatic carbocycles. The number of aryl methyl sites for hydroxylation is 1. The molecule has 1 N–H and O–H groups in total. The predicted molar refractivity (Wildman–Crippen MR) is 87.5 cm³/mol. The average Bonchev–Trinajstić information content (AvgIpc) is 2.88. The Kier molecular flexibility index (Phi) is 4.02. The lowest BCUT2D eigenvalue weighted by Gasteiger charge is -1.95. The number of pyridine rings is 1. The van der Waals surface area contributed by atoms with Crippen LogP contribution in [0.5, 0.6) is 5.95 Å². The second-order valence-corrected chi connectivity index (χ2v) is 5.53.